The summed E-state index contributed by atoms with van der Waals surface area (Å²) < 4.78 is 42.8. The molecule has 0 atom stereocenters. The lowest BCUT2D eigenvalue weighted by atomic mass is 9.84. The van der Waals surface area contributed by atoms with Crippen LogP contribution in [0.2, 0.25) is 0 Å². The Labute approximate surface area is 199 Å². The first-order chi connectivity index (χ1) is 16.6. The second kappa shape index (κ2) is 8.78. The van der Waals surface area contributed by atoms with Crippen molar-refractivity contribution in [2.45, 2.75) is 56.6 Å². The minimum Gasteiger partial charge on any atom is -0.388 e. The van der Waals surface area contributed by atoms with Crippen LogP contribution >= 0.6 is 0 Å². The molecule has 1 amide bonds. The molecule has 1 aliphatic heterocycles. The summed E-state index contributed by atoms with van der Waals surface area (Å²) in [5, 5.41) is 15.6. The third-order valence-corrected chi connectivity index (χ3v) is 7.16. The van der Waals surface area contributed by atoms with E-state index >= 15 is 0 Å². The van der Waals surface area contributed by atoms with Gasteiger partial charge in [-0.15, -0.1) is 0 Å². The Bertz CT molecular complexity index is 1290. The number of hydrogen-bond donors (Lipinski definition) is 1. The number of hydrogen-bond acceptors (Lipinski definition) is 5. The van der Waals surface area contributed by atoms with Crippen LogP contribution in [0.1, 0.15) is 38.5 Å². The van der Waals surface area contributed by atoms with Gasteiger partial charge in [0.05, 0.1) is 24.0 Å². The van der Waals surface area contributed by atoms with Gasteiger partial charge in [-0.25, -0.2) is 22.8 Å². The fourth-order valence-corrected chi connectivity index (χ4v) is 5.00. The topological polar surface area (TPSA) is 93.2 Å². The van der Waals surface area contributed by atoms with Crippen molar-refractivity contribution in [2.24, 2.45) is 5.92 Å². The number of aliphatic hydroxyl groups is 1. The summed E-state index contributed by atoms with van der Waals surface area (Å²) in [5.74, 6) is -3.60. The van der Waals surface area contributed by atoms with E-state index in [9.17, 15) is 27.9 Å². The lowest BCUT2D eigenvalue weighted by Crippen LogP contribution is -2.51. The second-order valence-electron chi connectivity index (χ2n) is 9.63. The summed E-state index contributed by atoms with van der Waals surface area (Å²) in [4.78, 5) is 31.8. The van der Waals surface area contributed by atoms with Gasteiger partial charge >= 0.3 is 0 Å². The van der Waals surface area contributed by atoms with Crippen molar-refractivity contribution in [1.29, 1.82) is 0 Å². The Balaban J connectivity index is 1.26. The average molecular weight is 489 g/mol. The van der Waals surface area contributed by atoms with Crippen LogP contribution < -0.4 is 5.56 Å². The zero-order valence-corrected chi connectivity index (χ0v) is 19.0. The van der Waals surface area contributed by atoms with Gasteiger partial charge in [-0.3, -0.25) is 14.2 Å². The summed E-state index contributed by atoms with van der Waals surface area (Å²) in [6.45, 7) is 0.610. The molecule has 1 saturated heterocycles. The van der Waals surface area contributed by atoms with Gasteiger partial charge < -0.3 is 10.0 Å². The summed E-state index contributed by atoms with van der Waals surface area (Å²) in [5.41, 5.74) is -0.687. The number of halogens is 3. The van der Waals surface area contributed by atoms with Crippen molar-refractivity contribution < 1.29 is 23.1 Å². The van der Waals surface area contributed by atoms with Gasteiger partial charge in [0.25, 0.3) is 5.56 Å². The normalized spacial score (nSPS) is 20.3. The summed E-state index contributed by atoms with van der Waals surface area (Å²) in [6, 6.07) is 5.65. The second-order valence-corrected chi connectivity index (χ2v) is 9.63. The van der Waals surface area contributed by atoms with E-state index in [0.717, 1.165) is 0 Å². The molecule has 1 aliphatic carbocycles. The maximum atomic E-state index is 13.4. The van der Waals surface area contributed by atoms with E-state index in [1.165, 1.54) is 46.0 Å². The monoisotopic (exact) mass is 489 g/mol. The Kier molecular flexibility index (Phi) is 5.90. The zero-order chi connectivity index (χ0) is 24.8. The number of likely N-dealkylation sites (tertiary alicyclic amines) is 1. The molecule has 2 fully saturated rings. The van der Waals surface area contributed by atoms with Crippen molar-refractivity contribution in [3.8, 4) is 5.69 Å². The van der Waals surface area contributed by atoms with Crippen molar-refractivity contribution in [2.75, 3.05) is 13.1 Å². The van der Waals surface area contributed by atoms with E-state index in [1.54, 1.807) is 4.90 Å². The lowest BCUT2D eigenvalue weighted by molar-refractivity contribution is -0.144. The van der Waals surface area contributed by atoms with Gasteiger partial charge in [-0.1, -0.05) is 0 Å². The molecule has 186 valence electrons. The average Bonchev–Trinajstić information content (AvgIpc) is 3.26. The summed E-state index contributed by atoms with van der Waals surface area (Å²) in [6.07, 6.45) is 3.10. The molecule has 1 aromatic carbocycles. The molecule has 2 aliphatic rings. The highest BCUT2D eigenvalue weighted by Gasteiger charge is 2.41. The number of benzene rings is 1. The van der Waals surface area contributed by atoms with Crippen molar-refractivity contribution in [3.63, 3.8) is 0 Å². The molecule has 0 spiro atoms. The molecule has 8 nitrogen and oxygen atoms in total. The molecule has 2 aromatic heterocycles. The lowest BCUT2D eigenvalue weighted by Gasteiger charge is -2.40. The van der Waals surface area contributed by atoms with Crippen LogP contribution in [0.15, 0.2) is 41.6 Å². The Morgan fingerprint density at radius 1 is 1.09 bits per heavy atom. The van der Waals surface area contributed by atoms with Crippen molar-refractivity contribution >= 4 is 16.9 Å². The molecule has 11 heteroatoms. The molecular formula is C24H26F3N5O3. The van der Waals surface area contributed by atoms with Gasteiger partial charge in [0.2, 0.25) is 11.8 Å². The molecule has 3 heterocycles. The number of rotatable bonds is 4. The van der Waals surface area contributed by atoms with Crippen LogP contribution in [-0.4, -0.2) is 59.9 Å². The molecule has 1 N–H and O–H groups in total. The molecule has 5 rings (SSSR count). The van der Waals surface area contributed by atoms with Gasteiger partial charge in [-0.05, 0) is 49.9 Å². The first kappa shape index (κ1) is 23.5. The molecule has 0 radical (unpaired) electrons. The minimum absolute atomic E-state index is 0.00812. The maximum Gasteiger partial charge on any atom is 0.264 e. The Hall–Kier alpha value is -3.21. The van der Waals surface area contributed by atoms with E-state index in [4.69, 9.17) is 0 Å². The quantitative estimate of drug-likeness (QED) is 0.609. The SMILES string of the molecule is O=C(C1CCC(F)(F)CC1)N1CCC(O)(Cn2cnc3c(cnn3-c3ccc(F)cc3)c2=O)CC1. The van der Waals surface area contributed by atoms with E-state index in [1.807, 2.05) is 0 Å². The molecule has 0 bridgehead atoms. The molecule has 1 saturated carbocycles. The highest BCUT2D eigenvalue weighted by molar-refractivity contribution is 5.79. The highest BCUT2D eigenvalue weighted by Crippen LogP contribution is 2.37. The molecule has 3 aromatic rings. The first-order valence-corrected chi connectivity index (χ1v) is 11.7. The summed E-state index contributed by atoms with van der Waals surface area (Å²) in [7, 11) is 0. The largest absolute Gasteiger partial charge is 0.388 e. The predicted octanol–water partition coefficient (Wildman–Crippen LogP) is 2.90. The third-order valence-electron chi connectivity index (χ3n) is 7.16. The zero-order valence-electron chi connectivity index (χ0n) is 19.0. The maximum absolute atomic E-state index is 13.4. The van der Waals surface area contributed by atoms with Crippen LogP contribution in [0.3, 0.4) is 0 Å². The molecular weight excluding hydrogens is 463 g/mol. The summed E-state index contributed by atoms with van der Waals surface area (Å²) >= 11 is 0. The smallest absolute Gasteiger partial charge is 0.264 e. The number of carbonyl (C=O) groups excluding carboxylic acids is 1. The van der Waals surface area contributed by atoms with Crippen LogP contribution in [0.5, 0.6) is 0 Å². The Morgan fingerprint density at radius 2 is 1.74 bits per heavy atom. The van der Waals surface area contributed by atoms with Gasteiger partial charge in [0, 0.05) is 31.8 Å². The molecule has 35 heavy (non-hydrogen) atoms. The van der Waals surface area contributed by atoms with Gasteiger partial charge in [0.1, 0.15) is 17.5 Å². The highest BCUT2D eigenvalue weighted by atomic mass is 19.3. The van der Waals surface area contributed by atoms with Gasteiger partial charge in [0.15, 0.2) is 5.65 Å². The first-order valence-electron chi connectivity index (χ1n) is 11.7. The Morgan fingerprint density at radius 3 is 2.40 bits per heavy atom. The predicted molar refractivity (Wildman–Crippen MR) is 121 cm³/mol. The van der Waals surface area contributed by atoms with E-state index < -0.39 is 17.4 Å². The van der Waals surface area contributed by atoms with E-state index in [2.05, 4.69) is 10.1 Å². The van der Waals surface area contributed by atoms with Gasteiger partial charge in [-0.2, -0.15) is 5.10 Å². The van der Waals surface area contributed by atoms with E-state index in [0.29, 0.717) is 24.4 Å². The molecule has 0 unspecified atom stereocenters. The fourth-order valence-electron chi connectivity index (χ4n) is 5.00. The van der Waals surface area contributed by atoms with Crippen LogP contribution in [-0.2, 0) is 11.3 Å². The van der Waals surface area contributed by atoms with Crippen LogP contribution in [0, 0.1) is 11.7 Å². The number of fused-ring (bicyclic) bond motifs is 1. The number of alkyl halides is 2. The van der Waals surface area contributed by atoms with Crippen LogP contribution in [0.4, 0.5) is 13.2 Å². The number of nitrogens with zero attached hydrogens (tertiary/aromatic N) is 5. The fraction of sp³-hybridized carbons (Fsp3) is 0.500. The number of aromatic nitrogens is 4. The standard InChI is InChI=1S/C24H26F3N5O3/c25-17-1-3-18(4-2-17)32-20-19(13-29-32)22(34)31(15-28-20)14-23(35)9-11-30(12-10-23)21(33)16-5-7-24(26,27)8-6-16/h1-4,13,15-16,35H,5-12,14H2. The van der Waals surface area contributed by atoms with Crippen LogP contribution in [0.25, 0.3) is 16.7 Å². The third kappa shape index (κ3) is 4.69. The number of amides is 1. The van der Waals surface area contributed by atoms with Crippen molar-refractivity contribution in [1.82, 2.24) is 24.2 Å². The van der Waals surface area contributed by atoms with E-state index in [-0.39, 0.29) is 67.7 Å². The van der Waals surface area contributed by atoms with Crippen molar-refractivity contribution in [3.05, 3.63) is 53.0 Å². The number of carbonyl (C=O) groups is 1. The minimum atomic E-state index is -2.68. The number of piperidine rings is 1.